The number of carbonyl (C=O) groups is 1. The van der Waals surface area contributed by atoms with E-state index in [0.717, 1.165) is 44.3 Å². The molecule has 3 nitrogen and oxygen atoms in total. The quantitative estimate of drug-likeness (QED) is 0.763. The van der Waals surface area contributed by atoms with E-state index in [-0.39, 0.29) is 11.8 Å². The number of carbonyl (C=O) groups excluding carboxylic acids is 1. The summed E-state index contributed by atoms with van der Waals surface area (Å²) in [5.74, 6) is 0.522. The molecule has 1 saturated carbocycles. The molecule has 0 aromatic rings. The molecule has 2 rings (SSSR count). The largest absolute Gasteiger partial charge is 0.355 e. The van der Waals surface area contributed by atoms with Gasteiger partial charge in [0.25, 0.3) is 0 Å². The molecular weight excluding hydrogens is 224 g/mol. The summed E-state index contributed by atoms with van der Waals surface area (Å²) in [4.78, 5) is 16.4. The summed E-state index contributed by atoms with van der Waals surface area (Å²) in [6.45, 7) is 0.735. The van der Waals surface area contributed by atoms with Crippen molar-refractivity contribution in [2.75, 3.05) is 6.54 Å². The lowest BCUT2D eigenvalue weighted by Crippen LogP contribution is -2.31. The molecule has 0 radical (unpaired) electrons. The van der Waals surface area contributed by atoms with Crippen molar-refractivity contribution < 1.29 is 4.79 Å². The maximum atomic E-state index is 12.0. The van der Waals surface area contributed by atoms with Gasteiger partial charge in [-0.05, 0) is 25.7 Å². The average Bonchev–Trinajstić information content (AvgIpc) is 2.69. The van der Waals surface area contributed by atoms with E-state index >= 15 is 0 Å². The number of rotatable bonds is 4. The lowest BCUT2D eigenvalue weighted by Gasteiger charge is -2.14. The van der Waals surface area contributed by atoms with Crippen molar-refractivity contribution in [3.8, 4) is 0 Å². The van der Waals surface area contributed by atoms with Gasteiger partial charge in [0.2, 0.25) is 5.91 Å². The highest BCUT2D eigenvalue weighted by atomic mass is 16.1. The first kappa shape index (κ1) is 13.3. The third-order valence-electron chi connectivity index (χ3n) is 3.84. The summed E-state index contributed by atoms with van der Waals surface area (Å²) in [6.07, 6.45) is 14.3. The van der Waals surface area contributed by atoms with Crippen LogP contribution >= 0.6 is 0 Å². The molecule has 1 N–H and O–H groups in total. The molecule has 0 bridgehead atoms. The number of allylic oxidation sites excluding steroid dienone is 1. The Morgan fingerprint density at radius 2 is 2.00 bits per heavy atom. The van der Waals surface area contributed by atoms with Crippen LogP contribution in [-0.2, 0) is 4.79 Å². The number of nitrogens with one attached hydrogen (secondary N) is 1. The summed E-state index contributed by atoms with van der Waals surface area (Å²) in [7, 11) is 0. The van der Waals surface area contributed by atoms with Crippen LogP contribution in [0.4, 0.5) is 0 Å². The molecule has 0 unspecified atom stereocenters. The highest BCUT2D eigenvalue weighted by Crippen LogP contribution is 2.22. The number of amides is 1. The molecule has 1 heterocycles. The van der Waals surface area contributed by atoms with E-state index in [1.165, 1.54) is 25.7 Å². The van der Waals surface area contributed by atoms with Gasteiger partial charge in [-0.25, -0.2) is 0 Å². The van der Waals surface area contributed by atoms with Crippen LogP contribution in [0, 0.1) is 5.92 Å². The number of hydrogen-bond acceptors (Lipinski definition) is 2. The molecule has 100 valence electrons. The zero-order chi connectivity index (χ0) is 12.6. The second-order valence-corrected chi connectivity index (χ2v) is 5.31. The molecular formula is C15H24N2O. The normalized spacial score (nSPS) is 21.2. The SMILES string of the molecule is O=C(NCCC1=CCCC=N1)C1CCCCCC1. The average molecular weight is 248 g/mol. The molecule has 0 aromatic heterocycles. The van der Waals surface area contributed by atoms with Gasteiger partial charge in [-0.15, -0.1) is 0 Å². The number of nitrogens with zero attached hydrogens (tertiary/aromatic N) is 1. The molecule has 1 aliphatic carbocycles. The van der Waals surface area contributed by atoms with E-state index in [4.69, 9.17) is 0 Å². The van der Waals surface area contributed by atoms with Crippen molar-refractivity contribution in [1.29, 1.82) is 0 Å². The van der Waals surface area contributed by atoms with Crippen molar-refractivity contribution >= 4 is 12.1 Å². The van der Waals surface area contributed by atoms with Crippen molar-refractivity contribution in [1.82, 2.24) is 5.32 Å². The Labute approximate surface area is 110 Å². The summed E-state index contributed by atoms with van der Waals surface area (Å²) in [6, 6.07) is 0. The maximum Gasteiger partial charge on any atom is 0.223 e. The monoisotopic (exact) mass is 248 g/mol. The summed E-state index contributed by atoms with van der Waals surface area (Å²) >= 11 is 0. The molecule has 0 saturated heterocycles. The van der Waals surface area contributed by atoms with E-state index in [2.05, 4.69) is 16.4 Å². The third-order valence-corrected chi connectivity index (χ3v) is 3.84. The smallest absolute Gasteiger partial charge is 0.223 e. The van der Waals surface area contributed by atoms with Gasteiger partial charge >= 0.3 is 0 Å². The molecule has 2 aliphatic rings. The Bertz CT molecular complexity index is 325. The van der Waals surface area contributed by atoms with Crippen LogP contribution < -0.4 is 5.32 Å². The standard InChI is InChI=1S/C15H24N2O/c18-15(13-7-3-1-2-4-8-13)17-12-10-14-9-5-6-11-16-14/h9,11,13H,1-8,10,12H2,(H,17,18). The van der Waals surface area contributed by atoms with Gasteiger partial charge < -0.3 is 5.32 Å². The van der Waals surface area contributed by atoms with Crippen LogP contribution in [0.25, 0.3) is 0 Å². The third kappa shape index (κ3) is 4.28. The van der Waals surface area contributed by atoms with E-state index in [0.29, 0.717) is 0 Å². The predicted octanol–water partition coefficient (Wildman–Crippen LogP) is 3.21. The highest BCUT2D eigenvalue weighted by molar-refractivity contribution is 5.78. The second-order valence-electron chi connectivity index (χ2n) is 5.31. The lowest BCUT2D eigenvalue weighted by molar-refractivity contribution is -0.125. The molecule has 0 atom stereocenters. The van der Waals surface area contributed by atoms with E-state index in [1.54, 1.807) is 0 Å². The fraction of sp³-hybridized carbons (Fsp3) is 0.733. The molecule has 18 heavy (non-hydrogen) atoms. The van der Waals surface area contributed by atoms with E-state index in [9.17, 15) is 4.79 Å². The molecule has 3 heteroatoms. The zero-order valence-electron chi connectivity index (χ0n) is 11.2. The molecule has 1 aliphatic heterocycles. The number of aliphatic imine (C=N–C) groups is 1. The van der Waals surface area contributed by atoms with Crippen LogP contribution in [-0.4, -0.2) is 18.7 Å². The van der Waals surface area contributed by atoms with Gasteiger partial charge in [0.1, 0.15) is 0 Å². The van der Waals surface area contributed by atoms with Crippen LogP contribution in [0.5, 0.6) is 0 Å². The van der Waals surface area contributed by atoms with Crippen LogP contribution in [0.3, 0.4) is 0 Å². The highest BCUT2D eigenvalue weighted by Gasteiger charge is 2.19. The Morgan fingerprint density at radius 3 is 2.67 bits per heavy atom. The van der Waals surface area contributed by atoms with Crippen molar-refractivity contribution in [2.45, 2.75) is 57.8 Å². The van der Waals surface area contributed by atoms with Gasteiger partial charge in [0, 0.05) is 30.8 Å². The van der Waals surface area contributed by atoms with Crippen molar-refractivity contribution in [2.24, 2.45) is 10.9 Å². The fourth-order valence-corrected chi connectivity index (χ4v) is 2.73. The van der Waals surface area contributed by atoms with Crippen LogP contribution in [0.15, 0.2) is 16.8 Å². The second kappa shape index (κ2) is 7.34. The minimum absolute atomic E-state index is 0.260. The van der Waals surface area contributed by atoms with Crippen molar-refractivity contribution in [3.63, 3.8) is 0 Å². The van der Waals surface area contributed by atoms with Crippen LogP contribution in [0.1, 0.15) is 57.8 Å². The minimum atomic E-state index is 0.260. The van der Waals surface area contributed by atoms with E-state index < -0.39 is 0 Å². The van der Waals surface area contributed by atoms with Crippen LogP contribution in [0.2, 0.25) is 0 Å². The Hall–Kier alpha value is -1.12. The van der Waals surface area contributed by atoms with Gasteiger partial charge in [0.05, 0.1) is 0 Å². The first-order chi connectivity index (χ1) is 8.86. The van der Waals surface area contributed by atoms with Crippen molar-refractivity contribution in [3.05, 3.63) is 11.8 Å². The summed E-state index contributed by atoms with van der Waals surface area (Å²) in [5.41, 5.74) is 1.13. The topological polar surface area (TPSA) is 41.5 Å². The first-order valence-corrected chi connectivity index (χ1v) is 7.35. The molecule has 0 aromatic carbocycles. The van der Waals surface area contributed by atoms with Gasteiger partial charge in [-0.2, -0.15) is 0 Å². The molecule has 1 amide bonds. The number of hydrogen-bond donors (Lipinski definition) is 1. The molecule has 0 spiro atoms. The van der Waals surface area contributed by atoms with E-state index in [1.807, 2.05) is 6.21 Å². The van der Waals surface area contributed by atoms with Gasteiger partial charge in [-0.3, -0.25) is 9.79 Å². The summed E-state index contributed by atoms with van der Waals surface area (Å²) < 4.78 is 0. The summed E-state index contributed by atoms with van der Waals surface area (Å²) in [5, 5.41) is 3.07. The Kier molecular flexibility index (Phi) is 5.43. The zero-order valence-corrected chi connectivity index (χ0v) is 11.2. The lowest BCUT2D eigenvalue weighted by atomic mass is 9.99. The minimum Gasteiger partial charge on any atom is -0.355 e. The van der Waals surface area contributed by atoms with Gasteiger partial charge in [-0.1, -0.05) is 31.8 Å². The van der Waals surface area contributed by atoms with Gasteiger partial charge in [0.15, 0.2) is 0 Å². The molecule has 1 fully saturated rings. The Morgan fingerprint density at radius 1 is 1.22 bits per heavy atom. The predicted molar refractivity (Wildman–Crippen MR) is 74.6 cm³/mol. The maximum absolute atomic E-state index is 12.0. The first-order valence-electron chi connectivity index (χ1n) is 7.35. The fourth-order valence-electron chi connectivity index (χ4n) is 2.73. The Balaban J connectivity index is 1.67.